The van der Waals surface area contributed by atoms with Gasteiger partial charge in [0.05, 0.1) is 6.54 Å². The molecule has 3 nitrogen and oxygen atoms in total. The Bertz CT molecular complexity index is 621. The molecule has 0 amide bonds. The fourth-order valence-electron chi connectivity index (χ4n) is 3.41. The van der Waals surface area contributed by atoms with E-state index in [1.165, 1.54) is 24.8 Å². The number of ketones is 1. The number of benzene rings is 2. The highest BCUT2D eigenvalue weighted by molar-refractivity contribution is 5.97. The summed E-state index contributed by atoms with van der Waals surface area (Å²) in [6.07, 6.45) is 3.87. The molecule has 0 aromatic heterocycles. The Labute approximate surface area is 144 Å². The smallest absolute Gasteiger partial charge is 0.176 e. The van der Waals surface area contributed by atoms with E-state index in [0.717, 1.165) is 25.2 Å². The van der Waals surface area contributed by atoms with Crippen LogP contribution in [-0.2, 0) is 0 Å². The zero-order valence-corrected chi connectivity index (χ0v) is 14.2. The first-order valence-electron chi connectivity index (χ1n) is 8.92. The number of hydrogen-bond donors (Lipinski definition) is 1. The molecule has 1 atom stereocenters. The van der Waals surface area contributed by atoms with Gasteiger partial charge in [0.2, 0.25) is 0 Å². The van der Waals surface area contributed by atoms with Crippen LogP contribution >= 0.6 is 0 Å². The summed E-state index contributed by atoms with van der Waals surface area (Å²) in [4.78, 5) is 14.8. The first kappa shape index (κ1) is 16.9. The van der Waals surface area contributed by atoms with Crippen LogP contribution in [0.4, 0.5) is 0 Å². The molecule has 1 unspecified atom stereocenters. The number of likely N-dealkylation sites (tertiary alicyclic amines) is 1. The normalized spacial score (nSPS) is 16.7. The van der Waals surface area contributed by atoms with Crippen molar-refractivity contribution in [1.82, 2.24) is 10.2 Å². The Kier molecular flexibility index (Phi) is 6.16. The predicted molar refractivity (Wildman–Crippen MR) is 98.2 cm³/mol. The molecular formula is C21H26N2O. The van der Waals surface area contributed by atoms with Gasteiger partial charge in [0, 0.05) is 18.2 Å². The molecule has 2 aromatic carbocycles. The van der Waals surface area contributed by atoms with Gasteiger partial charge in [-0.1, -0.05) is 67.1 Å². The SMILES string of the molecule is O=C(CNCC(c1ccccc1)N1CCCCC1)c1ccccc1. The molecule has 1 aliphatic heterocycles. The maximum atomic E-state index is 12.3. The van der Waals surface area contributed by atoms with Crippen LogP contribution in [0.25, 0.3) is 0 Å². The number of Topliss-reactive ketones (excluding diaryl/α,β-unsaturated/α-hetero) is 1. The minimum absolute atomic E-state index is 0.154. The molecule has 2 aromatic rings. The molecule has 1 fully saturated rings. The average Bonchev–Trinajstić information content (AvgIpc) is 2.67. The zero-order chi connectivity index (χ0) is 16.6. The topological polar surface area (TPSA) is 32.3 Å². The van der Waals surface area contributed by atoms with Crippen LogP contribution < -0.4 is 5.32 Å². The molecule has 0 radical (unpaired) electrons. The van der Waals surface area contributed by atoms with E-state index in [4.69, 9.17) is 0 Å². The molecule has 1 aliphatic rings. The quantitative estimate of drug-likeness (QED) is 0.789. The summed E-state index contributed by atoms with van der Waals surface area (Å²) in [5.41, 5.74) is 2.11. The maximum Gasteiger partial charge on any atom is 0.176 e. The van der Waals surface area contributed by atoms with E-state index < -0.39 is 0 Å². The maximum absolute atomic E-state index is 12.3. The van der Waals surface area contributed by atoms with Crippen molar-refractivity contribution in [3.8, 4) is 0 Å². The number of nitrogens with zero attached hydrogens (tertiary/aromatic N) is 1. The number of piperidine rings is 1. The lowest BCUT2D eigenvalue weighted by molar-refractivity contribution is 0.0983. The van der Waals surface area contributed by atoms with E-state index >= 15 is 0 Å². The van der Waals surface area contributed by atoms with E-state index in [1.807, 2.05) is 30.3 Å². The molecular weight excluding hydrogens is 296 g/mol. The largest absolute Gasteiger partial charge is 0.308 e. The second-order valence-corrected chi connectivity index (χ2v) is 6.44. The molecule has 0 aliphatic carbocycles. The van der Waals surface area contributed by atoms with Gasteiger partial charge in [-0.2, -0.15) is 0 Å². The summed E-state index contributed by atoms with van der Waals surface area (Å²) < 4.78 is 0. The van der Waals surface area contributed by atoms with Gasteiger partial charge >= 0.3 is 0 Å². The molecule has 1 heterocycles. The number of hydrogen-bond acceptors (Lipinski definition) is 3. The minimum atomic E-state index is 0.154. The van der Waals surface area contributed by atoms with Gasteiger partial charge in [0.15, 0.2) is 5.78 Å². The van der Waals surface area contributed by atoms with Crippen molar-refractivity contribution in [3.63, 3.8) is 0 Å². The van der Waals surface area contributed by atoms with Crippen LogP contribution in [0, 0.1) is 0 Å². The van der Waals surface area contributed by atoms with Crippen LogP contribution in [0.2, 0.25) is 0 Å². The molecule has 0 spiro atoms. The van der Waals surface area contributed by atoms with Crippen LogP contribution in [0.1, 0.15) is 41.2 Å². The van der Waals surface area contributed by atoms with Crippen molar-refractivity contribution in [3.05, 3.63) is 71.8 Å². The van der Waals surface area contributed by atoms with Crippen molar-refractivity contribution in [2.24, 2.45) is 0 Å². The fraction of sp³-hybridized carbons (Fsp3) is 0.381. The van der Waals surface area contributed by atoms with E-state index in [-0.39, 0.29) is 5.78 Å². The molecule has 3 heteroatoms. The predicted octanol–water partition coefficient (Wildman–Crippen LogP) is 3.69. The van der Waals surface area contributed by atoms with Gasteiger partial charge in [-0.25, -0.2) is 0 Å². The van der Waals surface area contributed by atoms with Gasteiger partial charge in [-0.15, -0.1) is 0 Å². The van der Waals surface area contributed by atoms with E-state index in [9.17, 15) is 4.79 Å². The van der Waals surface area contributed by atoms with Gasteiger partial charge in [-0.05, 0) is 31.5 Å². The van der Waals surface area contributed by atoms with Crippen LogP contribution in [-0.4, -0.2) is 36.9 Å². The lowest BCUT2D eigenvalue weighted by Crippen LogP contribution is -2.40. The van der Waals surface area contributed by atoms with Crippen molar-refractivity contribution >= 4 is 5.78 Å². The number of carbonyl (C=O) groups is 1. The third-order valence-corrected chi connectivity index (χ3v) is 4.73. The van der Waals surface area contributed by atoms with E-state index in [1.54, 1.807) is 0 Å². The second kappa shape index (κ2) is 8.76. The average molecular weight is 322 g/mol. The molecule has 1 N–H and O–H groups in total. The van der Waals surface area contributed by atoms with Crippen molar-refractivity contribution < 1.29 is 4.79 Å². The second-order valence-electron chi connectivity index (χ2n) is 6.44. The standard InChI is InChI=1S/C21H26N2O/c24-21(19-12-6-2-7-13-19)17-22-16-20(18-10-4-1-5-11-18)23-14-8-3-9-15-23/h1-2,4-7,10-13,20,22H,3,8-9,14-17H2. The Morgan fingerprint density at radius 3 is 2.21 bits per heavy atom. The van der Waals surface area contributed by atoms with Crippen LogP contribution in [0.3, 0.4) is 0 Å². The summed E-state index contributed by atoms with van der Waals surface area (Å²) in [6, 6.07) is 20.5. The first-order valence-corrected chi connectivity index (χ1v) is 8.92. The van der Waals surface area contributed by atoms with Crippen LogP contribution in [0.5, 0.6) is 0 Å². The number of carbonyl (C=O) groups excluding carboxylic acids is 1. The zero-order valence-electron chi connectivity index (χ0n) is 14.2. The van der Waals surface area contributed by atoms with Crippen molar-refractivity contribution in [2.75, 3.05) is 26.2 Å². The Morgan fingerprint density at radius 2 is 1.54 bits per heavy atom. The van der Waals surface area contributed by atoms with Gasteiger partial charge in [-0.3, -0.25) is 9.69 Å². The van der Waals surface area contributed by atoms with Crippen molar-refractivity contribution in [2.45, 2.75) is 25.3 Å². The summed E-state index contributed by atoms with van der Waals surface area (Å²) in [7, 11) is 0. The minimum Gasteiger partial charge on any atom is -0.308 e. The molecule has 0 bridgehead atoms. The third kappa shape index (κ3) is 4.53. The summed E-state index contributed by atoms with van der Waals surface area (Å²) in [5.74, 6) is 0.154. The molecule has 24 heavy (non-hydrogen) atoms. The summed E-state index contributed by atoms with van der Waals surface area (Å²) >= 11 is 0. The molecule has 126 valence electrons. The van der Waals surface area contributed by atoms with Crippen LogP contribution in [0.15, 0.2) is 60.7 Å². The monoisotopic (exact) mass is 322 g/mol. The van der Waals surface area contributed by atoms with E-state index in [0.29, 0.717) is 12.6 Å². The molecule has 3 rings (SSSR count). The lowest BCUT2D eigenvalue weighted by atomic mass is 10.0. The highest BCUT2D eigenvalue weighted by Gasteiger charge is 2.22. The highest BCUT2D eigenvalue weighted by Crippen LogP contribution is 2.23. The van der Waals surface area contributed by atoms with Gasteiger partial charge < -0.3 is 5.32 Å². The van der Waals surface area contributed by atoms with Crippen molar-refractivity contribution in [1.29, 1.82) is 0 Å². The first-order chi connectivity index (χ1) is 11.8. The van der Waals surface area contributed by atoms with Gasteiger partial charge in [0.1, 0.15) is 0 Å². The summed E-state index contributed by atoms with van der Waals surface area (Å²) in [6.45, 7) is 3.49. The fourth-order valence-corrected chi connectivity index (χ4v) is 3.41. The lowest BCUT2D eigenvalue weighted by Gasteiger charge is -2.35. The highest BCUT2D eigenvalue weighted by atomic mass is 16.1. The Balaban J connectivity index is 1.61. The molecule has 0 saturated carbocycles. The number of rotatable bonds is 7. The summed E-state index contributed by atoms with van der Waals surface area (Å²) in [5, 5.41) is 3.39. The third-order valence-electron chi connectivity index (χ3n) is 4.73. The Morgan fingerprint density at radius 1 is 0.917 bits per heavy atom. The van der Waals surface area contributed by atoms with Gasteiger partial charge in [0.25, 0.3) is 0 Å². The van der Waals surface area contributed by atoms with E-state index in [2.05, 4.69) is 40.5 Å². The molecule has 1 saturated heterocycles. The Hall–Kier alpha value is -1.97. The number of nitrogens with one attached hydrogen (secondary N) is 1.